The maximum atomic E-state index is 14.2. The van der Waals surface area contributed by atoms with Crippen LogP contribution < -0.4 is 5.73 Å². The molecule has 0 aliphatic carbocycles. The van der Waals surface area contributed by atoms with Gasteiger partial charge in [0.15, 0.2) is 0 Å². The van der Waals surface area contributed by atoms with E-state index < -0.39 is 15.8 Å². The van der Waals surface area contributed by atoms with Gasteiger partial charge in [-0.25, -0.2) is 12.8 Å². The Hall–Kier alpha value is -0.690. The van der Waals surface area contributed by atoms with Crippen LogP contribution in [0.25, 0.3) is 0 Å². The number of hydrogen-bond donors (Lipinski definition) is 1. The zero-order valence-corrected chi connectivity index (χ0v) is 12.1. The van der Waals surface area contributed by atoms with Crippen molar-refractivity contribution in [1.29, 1.82) is 0 Å². The van der Waals surface area contributed by atoms with Gasteiger partial charge in [0, 0.05) is 29.7 Å². The van der Waals surface area contributed by atoms with Crippen molar-refractivity contribution in [3.63, 3.8) is 0 Å². The van der Waals surface area contributed by atoms with E-state index in [-0.39, 0.29) is 28.1 Å². The summed E-state index contributed by atoms with van der Waals surface area (Å²) in [5.74, 6) is -0.800. The fourth-order valence-electron chi connectivity index (χ4n) is 2.34. The predicted octanol–water partition coefficient (Wildman–Crippen LogP) is 2.11. The third-order valence-electron chi connectivity index (χ3n) is 3.38. The van der Waals surface area contributed by atoms with Crippen molar-refractivity contribution >= 4 is 21.6 Å². The fraction of sp³-hybridized carbons (Fsp3) is 0.500. The lowest BCUT2D eigenvalue weighted by Gasteiger charge is -2.21. The van der Waals surface area contributed by atoms with Crippen LogP contribution in [0, 0.1) is 5.82 Å². The lowest BCUT2D eigenvalue weighted by Crippen LogP contribution is -2.34. The Morgan fingerprint density at radius 3 is 2.74 bits per heavy atom. The number of sulfonamides is 1. The van der Waals surface area contributed by atoms with Gasteiger partial charge in [-0.3, -0.25) is 0 Å². The predicted molar refractivity (Wildman–Crippen MR) is 71.9 cm³/mol. The van der Waals surface area contributed by atoms with Crippen LogP contribution in [0.2, 0.25) is 5.02 Å². The summed E-state index contributed by atoms with van der Waals surface area (Å²) in [6.07, 6.45) is 1.57. The van der Waals surface area contributed by atoms with Crippen LogP contribution >= 0.6 is 11.6 Å². The van der Waals surface area contributed by atoms with E-state index in [1.54, 1.807) is 0 Å². The molecule has 1 unspecified atom stereocenters. The first-order valence-corrected chi connectivity index (χ1v) is 7.89. The lowest BCUT2D eigenvalue weighted by molar-refractivity contribution is 0.404. The summed E-state index contributed by atoms with van der Waals surface area (Å²) >= 11 is 5.84. The zero-order chi connectivity index (χ0) is 14.2. The van der Waals surface area contributed by atoms with Crippen molar-refractivity contribution in [2.45, 2.75) is 37.2 Å². The standard InChI is InChI=1S/C12H16ClFN2O2S/c1-8-3-2-4-16(8)19(17,18)11-6-10(13)5-9(7-15)12(11)14/h5-6,8H,2-4,7,15H2,1H3. The van der Waals surface area contributed by atoms with Gasteiger partial charge >= 0.3 is 0 Å². The highest BCUT2D eigenvalue weighted by molar-refractivity contribution is 7.89. The second kappa shape index (κ2) is 5.36. The smallest absolute Gasteiger partial charge is 0.246 e. The van der Waals surface area contributed by atoms with Crippen LogP contribution in [0.15, 0.2) is 17.0 Å². The minimum atomic E-state index is -3.86. The highest BCUT2D eigenvalue weighted by atomic mass is 35.5. The third kappa shape index (κ3) is 2.63. The molecule has 1 aliphatic rings. The zero-order valence-electron chi connectivity index (χ0n) is 10.6. The monoisotopic (exact) mass is 306 g/mol. The van der Waals surface area contributed by atoms with Gasteiger partial charge in [-0.15, -0.1) is 0 Å². The largest absolute Gasteiger partial charge is 0.326 e. The summed E-state index contributed by atoms with van der Waals surface area (Å²) in [4.78, 5) is -0.380. The molecule has 4 nitrogen and oxygen atoms in total. The topological polar surface area (TPSA) is 63.4 Å². The van der Waals surface area contributed by atoms with Crippen molar-refractivity contribution in [2.75, 3.05) is 6.54 Å². The van der Waals surface area contributed by atoms with Gasteiger partial charge in [0.1, 0.15) is 10.7 Å². The van der Waals surface area contributed by atoms with E-state index in [2.05, 4.69) is 0 Å². The van der Waals surface area contributed by atoms with Gasteiger partial charge in [0.05, 0.1) is 0 Å². The number of rotatable bonds is 3. The number of benzene rings is 1. The van der Waals surface area contributed by atoms with Gasteiger partial charge in [-0.2, -0.15) is 4.31 Å². The summed E-state index contributed by atoms with van der Waals surface area (Å²) in [6.45, 7) is 2.13. The lowest BCUT2D eigenvalue weighted by atomic mass is 10.2. The van der Waals surface area contributed by atoms with Crippen LogP contribution in [-0.4, -0.2) is 25.3 Å². The molecule has 1 fully saturated rings. The Labute approximate surface area is 117 Å². The molecule has 1 heterocycles. The molecule has 0 spiro atoms. The molecule has 0 saturated carbocycles. The number of halogens is 2. The Balaban J connectivity index is 2.54. The third-order valence-corrected chi connectivity index (χ3v) is 5.61. The van der Waals surface area contributed by atoms with E-state index in [4.69, 9.17) is 17.3 Å². The van der Waals surface area contributed by atoms with Crippen molar-refractivity contribution in [1.82, 2.24) is 4.31 Å². The molecule has 106 valence electrons. The van der Waals surface area contributed by atoms with Gasteiger partial charge in [0.2, 0.25) is 10.0 Å². The first-order chi connectivity index (χ1) is 8.87. The maximum Gasteiger partial charge on any atom is 0.246 e. The summed E-state index contributed by atoms with van der Waals surface area (Å²) < 4.78 is 40.5. The molecule has 7 heteroatoms. The number of nitrogens with zero attached hydrogens (tertiary/aromatic N) is 1. The summed E-state index contributed by atoms with van der Waals surface area (Å²) in [5.41, 5.74) is 5.51. The summed E-state index contributed by atoms with van der Waals surface area (Å²) in [6, 6.07) is 2.38. The first kappa shape index (κ1) is 14.7. The Kier molecular flexibility index (Phi) is 4.15. The van der Waals surface area contributed by atoms with Gasteiger partial charge in [0.25, 0.3) is 0 Å². The fourth-order valence-corrected chi connectivity index (χ4v) is 4.49. The highest BCUT2D eigenvalue weighted by Crippen LogP contribution is 2.30. The van der Waals surface area contributed by atoms with Crippen LogP contribution in [-0.2, 0) is 16.6 Å². The highest BCUT2D eigenvalue weighted by Gasteiger charge is 2.35. The second-order valence-corrected chi connectivity index (χ2v) is 6.98. The number of hydrogen-bond acceptors (Lipinski definition) is 3. The quantitative estimate of drug-likeness (QED) is 0.930. The average Bonchev–Trinajstić information content (AvgIpc) is 2.78. The van der Waals surface area contributed by atoms with E-state index in [1.807, 2.05) is 6.92 Å². The van der Waals surface area contributed by atoms with E-state index >= 15 is 0 Å². The molecule has 0 aromatic heterocycles. The SMILES string of the molecule is CC1CCCN1S(=O)(=O)c1cc(Cl)cc(CN)c1F. The molecule has 1 aliphatic heterocycles. The van der Waals surface area contributed by atoms with E-state index in [0.717, 1.165) is 18.9 Å². The number of nitrogens with two attached hydrogens (primary N) is 1. The van der Waals surface area contributed by atoms with Crippen LogP contribution in [0.3, 0.4) is 0 Å². The molecule has 1 aromatic rings. The maximum absolute atomic E-state index is 14.2. The molecule has 2 N–H and O–H groups in total. The van der Waals surface area contributed by atoms with E-state index in [0.29, 0.717) is 6.54 Å². The van der Waals surface area contributed by atoms with Gasteiger partial charge in [-0.05, 0) is 31.9 Å². The van der Waals surface area contributed by atoms with Crippen molar-refractivity contribution < 1.29 is 12.8 Å². The van der Waals surface area contributed by atoms with Crippen molar-refractivity contribution in [2.24, 2.45) is 5.73 Å². The molecule has 0 bridgehead atoms. The molecule has 0 radical (unpaired) electrons. The Bertz CT molecular complexity index is 592. The molecular formula is C12H16ClFN2O2S. The van der Waals surface area contributed by atoms with Gasteiger partial charge < -0.3 is 5.73 Å². The van der Waals surface area contributed by atoms with Crippen LogP contribution in [0.5, 0.6) is 0 Å². The van der Waals surface area contributed by atoms with Crippen LogP contribution in [0.1, 0.15) is 25.3 Å². The first-order valence-electron chi connectivity index (χ1n) is 6.07. The summed E-state index contributed by atoms with van der Waals surface area (Å²) in [7, 11) is -3.86. The van der Waals surface area contributed by atoms with E-state index in [1.165, 1.54) is 10.4 Å². The molecular weight excluding hydrogens is 291 g/mol. The van der Waals surface area contributed by atoms with Gasteiger partial charge in [-0.1, -0.05) is 11.6 Å². The van der Waals surface area contributed by atoms with E-state index in [9.17, 15) is 12.8 Å². The van der Waals surface area contributed by atoms with Crippen molar-refractivity contribution in [3.05, 3.63) is 28.5 Å². The normalized spacial score (nSPS) is 20.9. The molecule has 1 saturated heterocycles. The Morgan fingerprint density at radius 2 is 2.21 bits per heavy atom. The molecule has 1 aromatic carbocycles. The summed E-state index contributed by atoms with van der Waals surface area (Å²) in [5, 5.41) is 0.173. The molecule has 19 heavy (non-hydrogen) atoms. The average molecular weight is 307 g/mol. The Morgan fingerprint density at radius 1 is 1.53 bits per heavy atom. The minimum Gasteiger partial charge on any atom is -0.326 e. The molecule has 1 atom stereocenters. The minimum absolute atomic E-state index is 0.0928. The molecule has 0 amide bonds. The second-order valence-electron chi connectivity index (χ2n) is 4.69. The molecule has 2 rings (SSSR count). The van der Waals surface area contributed by atoms with Crippen molar-refractivity contribution in [3.8, 4) is 0 Å². The van der Waals surface area contributed by atoms with Crippen LogP contribution in [0.4, 0.5) is 4.39 Å².